The predicted octanol–water partition coefficient (Wildman–Crippen LogP) is 6.00. The van der Waals surface area contributed by atoms with Gasteiger partial charge in [-0.05, 0) is 30.3 Å². The van der Waals surface area contributed by atoms with E-state index in [1.165, 1.54) is 5.69 Å². The first-order chi connectivity index (χ1) is 17.5. The molecule has 9 heteroatoms. The van der Waals surface area contributed by atoms with E-state index in [0.717, 1.165) is 55.0 Å². The van der Waals surface area contributed by atoms with Crippen LogP contribution in [0.5, 0.6) is 5.75 Å². The summed E-state index contributed by atoms with van der Waals surface area (Å²) in [7, 11) is 3.63. The summed E-state index contributed by atoms with van der Waals surface area (Å²) in [4.78, 5) is 6.97. The maximum absolute atomic E-state index is 9.75. The number of aromatic nitrogens is 2. The molecule has 2 aromatic carbocycles. The number of hydrogen-bond donors (Lipinski definition) is 1. The molecule has 3 heterocycles. The number of fused-ring (bicyclic) bond motifs is 1. The molecule has 1 N–H and O–H groups in total. The largest absolute Gasteiger partial charge is 0.495 e. The van der Waals surface area contributed by atoms with Crippen LogP contribution in [0, 0.1) is 11.3 Å². The molecule has 1 fully saturated rings. The summed E-state index contributed by atoms with van der Waals surface area (Å²) in [6, 6.07) is 15.9. The minimum atomic E-state index is 0.409. The van der Waals surface area contributed by atoms with Crippen LogP contribution in [0.3, 0.4) is 0 Å². The first kappa shape index (κ1) is 24.4. The number of morpholine rings is 1. The zero-order valence-electron chi connectivity index (χ0n) is 20.0. The van der Waals surface area contributed by atoms with Crippen LogP contribution in [0.15, 0.2) is 48.7 Å². The van der Waals surface area contributed by atoms with Crippen molar-refractivity contribution >= 4 is 45.5 Å². The minimum absolute atomic E-state index is 0.409. The molecule has 0 unspecified atom stereocenters. The molecule has 0 bridgehead atoms. The number of pyridine rings is 1. The van der Waals surface area contributed by atoms with Crippen molar-refractivity contribution in [1.82, 2.24) is 14.5 Å². The van der Waals surface area contributed by atoms with Crippen molar-refractivity contribution in [3.8, 4) is 23.1 Å². The van der Waals surface area contributed by atoms with Gasteiger partial charge in [-0.15, -0.1) is 0 Å². The second kappa shape index (κ2) is 10.4. The number of nitrogens with zero attached hydrogens (tertiary/aromatic N) is 4. The lowest BCUT2D eigenvalue weighted by Gasteiger charge is -2.26. The van der Waals surface area contributed by atoms with Gasteiger partial charge in [-0.3, -0.25) is 9.88 Å². The Hall–Kier alpha value is -3.28. The molecule has 2 aromatic heterocycles. The van der Waals surface area contributed by atoms with E-state index in [-0.39, 0.29) is 0 Å². The number of nitriles is 1. The standard InChI is InChI=1S/C27H25Cl2N5O2/c1-33-19(16-34-7-9-36-10-8-34)4-6-25(33)17-3-5-20-23(11-17)31-15-18(14-30)27(20)32-24-13-26(35-2)22(29)12-21(24)28/h3-6,11-13,15H,7-10,16H2,1-2H3,(H,31,32). The Kier molecular flexibility index (Phi) is 7.04. The Labute approximate surface area is 219 Å². The number of rotatable bonds is 6. The van der Waals surface area contributed by atoms with Crippen molar-refractivity contribution < 1.29 is 9.47 Å². The Bertz CT molecular complexity index is 1470. The third-order valence-corrected chi connectivity index (χ3v) is 7.11. The molecule has 0 spiro atoms. The maximum atomic E-state index is 9.75. The second-order valence-corrected chi connectivity index (χ2v) is 9.45. The fourth-order valence-corrected chi connectivity index (χ4v) is 4.99. The average molecular weight is 522 g/mol. The summed E-state index contributed by atoms with van der Waals surface area (Å²) in [5, 5.41) is 14.7. The third kappa shape index (κ3) is 4.73. The molecule has 0 atom stereocenters. The molecule has 1 saturated heterocycles. The molecule has 1 aliphatic heterocycles. The van der Waals surface area contributed by atoms with E-state index < -0.39 is 0 Å². The highest BCUT2D eigenvalue weighted by molar-refractivity contribution is 6.37. The molecule has 5 rings (SSSR count). The molecule has 7 nitrogen and oxygen atoms in total. The van der Waals surface area contributed by atoms with Crippen LogP contribution in [-0.4, -0.2) is 47.9 Å². The van der Waals surface area contributed by atoms with Gasteiger partial charge in [-0.25, -0.2) is 0 Å². The monoisotopic (exact) mass is 521 g/mol. The van der Waals surface area contributed by atoms with Gasteiger partial charge >= 0.3 is 0 Å². The van der Waals surface area contributed by atoms with Crippen molar-refractivity contribution in [1.29, 1.82) is 5.26 Å². The van der Waals surface area contributed by atoms with E-state index in [0.29, 0.717) is 32.7 Å². The van der Waals surface area contributed by atoms with Crippen molar-refractivity contribution in [2.75, 3.05) is 38.7 Å². The molecular weight excluding hydrogens is 497 g/mol. The highest BCUT2D eigenvalue weighted by Crippen LogP contribution is 2.38. The fourth-order valence-electron chi connectivity index (χ4n) is 4.48. The van der Waals surface area contributed by atoms with Gasteiger partial charge in [-0.2, -0.15) is 5.26 Å². The van der Waals surface area contributed by atoms with E-state index in [1.807, 2.05) is 18.2 Å². The number of nitrogens with one attached hydrogen (secondary N) is 1. The van der Waals surface area contributed by atoms with Crippen LogP contribution in [0.4, 0.5) is 11.4 Å². The highest BCUT2D eigenvalue weighted by Gasteiger charge is 2.17. The molecule has 36 heavy (non-hydrogen) atoms. The molecule has 0 radical (unpaired) electrons. The fraction of sp³-hybridized carbons (Fsp3) is 0.259. The summed E-state index contributed by atoms with van der Waals surface area (Å²) < 4.78 is 13.0. The topological polar surface area (TPSA) is 75.3 Å². The number of benzene rings is 2. The van der Waals surface area contributed by atoms with Crippen molar-refractivity contribution in [3.63, 3.8) is 0 Å². The second-order valence-electron chi connectivity index (χ2n) is 8.64. The summed E-state index contributed by atoms with van der Waals surface area (Å²) in [6.07, 6.45) is 1.57. The van der Waals surface area contributed by atoms with Gasteiger partial charge in [0.2, 0.25) is 0 Å². The van der Waals surface area contributed by atoms with Crippen molar-refractivity contribution in [3.05, 3.63) is 70.0 Å². The van der Waals surface area contributed by atoms with Gasteiger partial charge in [0.25, 0.3) is 0 Å². The number of methoxy groups -OCH3 is 1. The van der Waals surface area contributed by atoms with E-state index >= 15 is 0 Å². The van der Waals surface area contributed by atoms with Gasteiger partial charge < -0.3 is 19.4 Å². The Morgan fingerprint density at radius 1 is 1.11 bits per heavy atom. The lowest BCUT2D eigenvalue weighted by molar-refractivity contribution is 0.0333. The van der Waals surface area contributed by atoms with Crippen molar-refractivity contribution in [2.45, 2.75) is 6.54 Å². The Morgan fingerprint density at radius 2 is 1.92 bits per heavy atom. The zero-order chi connectivity index (χ0) is 25.2. The number of ether oxygens (including phenoxy) is 2. The SMILES string of the molecule is COc1cc(Nc2c(C#N)cnc3cc(-c4ccc(CN5CCOCC5)n4C)ccc23)c(Cl)cc1Cl. The highest BCUT2D eigenvalue weighted by atomic mass is 35.5. The van der Waals surface area contributed by atoms with Gasteiger partial charge in [0.05, 0.1) is 52.8 Å². The molecular formula is C27H25Cl2N5O2. The number of halogens is 2. The van der Waals surface area contributed by atoms with Crippen LogP contribution in [-0.2, 0) is 18.3 Å². The molecule has 0 amide bonds. The Morgan fingerprint density at radius 3 is 2.67 bits per heavy atom. The van der Waals surface area contributed by atoms with Gasteiger partial charge in [0.15, 0.2) is 0 Å². The number of anilines is 2. The summed E-state index contributed by atoms with van der Waals surface area (Å²) in [5.74, 6) is 0.485. The quantitative estimate of drug-likeness (QED) is 0.335. The average Bonchev–Trinajstić information content (AvgIpc) is 3.25. The first-order valence-electron chi connectivity index (χ1n) is 11.6. The third-order valence-electron chi connectivity index (χ3n) is 6.50. The zero-order valence-corrected chi connectivity index (χ0v) is 21.5. The predicted molar refractivity (Wildman–Crippen MR) is 143 cm³/mol. The Balaban J connectivity index is 1.50. The first-order valence-corrected chi connectivity index (χ1v) is 12.3. The van der Waals surface area contributed by atoms with Gasteiger partial charge in [0.1, 0.15) is 11.8 Å². The van der Waals surface area contributed by atoms with Crippen molar-refractivity contribution in [2.24, 2.45) is 7.05 Å². The molecule has 1 aliphatic rings. The number of hydrogen-bond acceptors (Lipinski definition) is 6. The van der Waals surface area contributed by atoms with E-state index in [4.69, 9.17) is 32.7 Å². The molecule has 184 valence electrons. The summed E-state index contributed by atoms with van der Waals surface area (Å²) in [5.41, 5.74) is 5.78. The van der Waals surface area contributed by atoms with Crippen LogP contribution < -0.4 is 10.1 Å². The maximum Gasteiger partial charge on any atom is 0.139 e. The summed E-state index contributed by atoms with van der Waals surface area (Å²) in [6.45, 7) is 4.34. The van der Waals surface area contributed by atoms with E-state index in [1.54, 1.807) is 25.4 Å². The molecule has 0 aliphatic carbocycles. The van der Waals surface area contributed by atoms with Crippen LogP contribution in [0.25, 0.3) is 22.2 Å². The van der Waals surface area contributed by atoms with Gasteiger partial charge in [0, 0.05) is 61.3 Å². The van der Waals surface area contributed by atoms with E-state index in [9.17, 15) is 5.26 Å². The van der Waals surface area contributed by atoms with E-state index in [2.05, 4.69) is 45.0 Å². The van der Waals surface area contributed by atoms with Crippen LogP contribution in [0.2, 0.25) is 10.0 Å². The molecule has 0 saturated carbocycles. The van der Waals surface area contributed by atoms with Crippen LogP contribution >= 0.6 is 23.2 Å². The lowest BCUT2D eigenvalue weighted by atomic mass is 10.0. The normalized spacial score (nSPS) is 14.1. The smallest absolute Gasteiger partial charge is 0.139 e. The van der Waals surface area contributed by atoms with Gasteiger partial charge in [-0.1, -0.05) is 29.3 Å². The van der Waals surface area contributed by atoms with Crippen LogP contribution in [0.1, 0.15) is 11.3 Å². The summed E-state index contributed by atoms with van der Waals surface area (Å²) >= 11 is 12.6. The molecule has 4 aromatic rings. The minimum Gasteiger partial charge on any atom is -0.495 e. The lowest BCUT2D eigenvalue weighted by Crippen LogP contribution is -2.36.